The van der Waals surface area contributed by atoms with Gasteiger partial charge in [-0.3, -0.25) is 0 Å². The van der Waals surface area contributed by atoms with Crippen LogP contribution in [0.1, 0.15) is 16.7 Å². The van der Waals surface area contributed by atoms with Gasteiger partial charge in [0.15, 0.2) is 0 Å². The van der Waals surface area contributed by atoms with E-state index in [4.69, 9.17) is 9.47 Å². The van der Waals surface area contributed by atoms with Crippen LogP contribution in [-0.2, 0) is 10.3 Å². The van der Waals surface area contributed by atoms with Gasteiger partial charge < -0.3 is 14.8 Å². The zero-order chi connectivity index (χ0) is 11.8. The van der Waals surface area contributed by atoms with Crippen molar-refractivity contribution >= 4 is 0 Å². The van der Waals surface area contributed by atoms with Crippen molar-refractivity contribution in [2.45, 2.75) is 19.4 Å². The predicted molar refractivity (Wildman–Crippen MR) is 64.0 cm³/mol. The van der Waals surface area contributed by atoms with Crippen molar-refractivity contribution in [2.75, 3.05) is 27.4 Å². The third-order valence-corrected chi connectivity index (χ3v) is 3.65. The minimum Gasteiger partial charge on any atom is -0.496 e. The van der Waals surface area contributed by atoms with Crippen LogP contribution in [0.25, 0.3) is 0 Å². The molecule has 1 fully saturated rings. The Kier molecular flexibility index (Phi) is 2.91. The molecule has 1 N–H and O–H groups in total. The number of nitrogens with one attached hydrogen (secondary N) is 1. The van der Waals surface area contributed by atoms with Gasteiger partial charge in [0.05, 0.1) is 25.9 Å². The van der Waals surface area contributed by atoms with Crippen LogP contribution in [0.4, 0.5) is 0 Å². The van der Waals surface area contributed by atoms with Crippen LogP contribution >= 0.6 is 0 Å². The summed E-state index contributed by atoms with van der Waals surface area (Å²) in [6, 6.07) is 4.18. The van der Waals surface area contributed by atoms with Gasteiger partial charge in [0.1, 0.15) is 5.75 Å². The van der Waals surface area contributed by atoms with E-state index in [1.807, 2.05) is 13.1 Å². The zero-order valence-electron chi connectivity index (χ0n) is 10.4. The minimum atomic E-state index is 0.00111. The van der Waals surface area contributed by atoms with Crippen molar-refractivity contribution in [2.24, 2.45) is 0 Å². The van der Waals surface area contributed by atoms with Crippen molar-refractivity contribution in [3.63, 3.8) is 0 Å². The number of hydrogen-bond donors (Lipinski definition) is 1. The van der Waals surface area contributed by atoms with Crippen molar-refractivity contribution in [3.05, 3.63) is 28.8 Å². The Morgan fingerprint density at radius 2 is 1.94 bits per heavy atom. The average Bonchev–Trinajstić information content (AvgIpc) is 2.23. The maximum absolute atomic E-state index is 5.34. The Bertz CT molecular complexity index is 392. The first-order chi connectivity index (χ1) is 7.64. The highest BCUT2D eigenvalue weighted by atomic mass is 16.5. The summed E-state index contributed by atoms with van der Waals surface area (Å²) >= 11 is 0. The number of likely N-dealkylation sites (N-methyl/N-ethyl adjacent to an activating group) is 1. The number of hydrogen-bond acceptors (Lipinski definition) is 3. The van der Waals surface area contributed by atoms with E-state index in [1.54, 1.807) is 7.11 Å². The second-order valence-electron chi connectivity index (χ2n) is 4.39. The second-order valence-corrected chi connectivity index (χ2v) is 4.39. The smallest absolute Gasteiger partial charge is 0.122 e. The maximum atomic E-state index is 5.34. The monoisotopic (exact) mass is 221 g/mol. The third kappa shape index (κ3) is 1.51. The number of benzene rings is 1. The van der Waals surface area contributed by atoms with Gasteiger partial charge in [-0.1, -0.05) is 6.07 Å². The number of methoxy groups -OCH3 is 1. The van der Waals surface area contributed by atoms with Crippen LogP contribution in [-0.4, -0.2) is 27.4 Å². The molecule has 88 valence electrons. The molecule has 0 spiro atoms. The lowest BCUT2D eigenvalue weighted by Gasteiger charge is -2.43. The molecule has 16 heavy (non-hydrogen) atoms. The van der Waals surface area contributed by atoms with Crippen LogP contribution in [0.3, 0.4) is 0 Å². The molecule has 1 aliphatic heterocycles. The van der Waals surface area contributed by atoms with E-state index in [9.17, 15) is 0 Å². The normalized spacial score (nSPS) is 18.0. The molecule has 0 atom stereocenters. The molecule has 1 aromatic carbocycles. The van der Waals surface area contributed by atoms with E-state index in [1.165, 1.54) is 16.7 Å². The molecule has 0 radical (unpaired) electrons. The number of rotatable bonds is 3. The fourth-order valence-electron chi connectivity index (χ4n) is 2.28. The van der Waals surface area contributed by atoms with E-state index < -0.39 is 0 Å². The SMILES string of the molecule is CNC1(c2ccc(OC)c(C)c2C)COC1. The quantitative estimate of drug-likeness (QED) is 0.843. The van der Waals surface area contributed by atoms with Gasteiger partial charge in [-0.05, 0) is 43.7 Å². The molecular formula is C13H19NO2. The lowest BCUT2D eigenvalue weighted by molar-refractivity contribution is -0.0751. The molecule has 0 bridgehead atoms. The van der Waals surface area contributed by atoms with Crippen molar-refractivity contribution in [1.82, 2.24) is 5.32 Å². The molecule has 0 aliphatic carbocycles. The molecule has 1 saturated heterocycles. The van der Waals surface area contributed by atoms with Gasteiger partial charge in [-0.2, -0.15) is 0 Å². The first-order valence-corrected chi connectivity index (χ1v) is 5.56. The van der Waals surface area contributed by atoms with Crippen LogP contribution in [0.15, 0.2) is 12.1 Å². The van der Waals surface area contributed by atoms with Crippen LogP contribution in [0.5, 0.6) is 5.75 Å². The Morgan fingerprint density at radius 1 is 1.25 bits per heavy atom. The van der Waals surface area contributed by atoms with Gasteiger partial charge in [-0.25, -0.2) is 0 Å². The highest BCUT2D eigenvalue weighted by Crippen LogP contribution is 2.35. The summed E-state index contributed by atoms with van der Waals surface area (Å²) in [6.45, 7) is 5.73. The molecule has 0 aromatic heterocycles. The molecule has 1 aromatic rings. The summed E-state index contributed by atoms with van der Waals surface area (Å²) in [5.74, 6) is 0.952. The van der Waals surface area contributed by atoms with Gasteiger partial charge in [-0.15, -0.1) is 0 Å². The summed E-state index contributed by atoms with van der Waals surface area (Å²) < 4.78 is 10.7. The Morgan fingerprint density at radius 3 is 2.38 bits per heavy atom. The molecule has 2 rings (SSSR count). The molecule has 0 saturated carbocycles. The van der Waals surface area contributed by atoms with Gasteiger partial charge in [0.2, 0.25) is 0 Å². The molecule has 3 nitrogen and oxygen atoms in total. The average molecular weight is 221 g/mol. The summed E-state index contributed by atoms with van der Waals surface area (Å²) in [5, 5.41) is 3.37. The first kappa shape index (κ1) is 11.4. The fraction of sp³-hybridized carbons (Fsp3) is 0.538. The standard InChI is InChI=1S/C13H19NO2/c1-9-10(2)12(15-4)6-5-11(9)13(14-3)7-16-8-13/h5-6,14H,7-8H2,1-4H3. The van der Waals surface area contributed by atoms with Gasteiger partial charge in [0, 0.05) is 0 Å². The lowest BCUT2D eigenvalue weighted by Crippen LogP contribution is -2.56. The zero-order valence-corrected chi connectivity index (χ0v) is 10.4. The van der Waals surface area contributed by atoms with Gasteiger partial charge in [0.25, 0.3) is 0 Å². The Balaban J connectivity index is 2.46. The number of ether oxygens (including phenoxy) is 2. The Hall–Kier alpha value is -1.06. The summed E-state index contributed by atoms with van der Waals surface area (Å²) in [5.41, 5.74) is 3.82. The van der Waals surface area contributed by atoms with E-state index in [2.05, 4.69) is 25.2 Å². The molecular weight excluding hydrogens is 202 g/mol. The third-order valence-electron chi connectivity index (χ3n) is 3.65. The van der Waals surface area contributed by atoms with E-state index in [-0.39, 0.29) is 5.54 Å². The molecule has 0 amide bonds. The minimum absolute atomic E-state index is 0.00111. The summed E-state index contributed by atoms with van der Waals surface area (Å²) in [6.07, 6.45) is 0. The van der Waals surface area contributed by atoms with Crippen LogP contribution in [0.2, 0.25) is 0 Å². The second kappa shape index (κ2) is 4.07. The van der Waals surface area contributed by atoms with E-state index in [0.717, 1.165) is 19.0 Å². The van der Waals surface area contributed by atoms with E-state index >= 15 is 0 Å². The van der Waals surface area contributed by atoms with Crippen LogP contribution in [0, 0.1) is 13.8 Å². The first-order valence-electron chi connectivity index (χ1n) is 5.56. The molecule has 0 unspecified atom stereocenters. The van der Waals surface area contributed by atoms with Gasteiger partial charge >= 0.3 is 0 Å². The topological polar surface area (TPSA) is 30.5 Å². The van der Waals surface area contributed by atoms with Crippen molar-refractivity contribution in [3.8, 4) is 5.75 Å². The highest BCUT2D eigenvalue weighted by Gasteiger charge is 2.40. The summed E-state index contributed by atoms with van der Waals surface area (Å²) in [4.78, 5) is 0. The molecule has 1 heterocycles. The predicted octanol–water partition coefficient (Wildman–Crippen LogP) is 1.76. The molecule has 3 heteroatoms. The van der Waals surface area contributed by atoms with E-state index in [0.29, 0.717) is 0 Å². The highest BCUT2D eigenvalue weighted by molar-refractivity contribution is 5.47. The van der Waals surface area contributed by atoms with Crippen LogP contribution < -0.4 is 10.1 Å². The van der Waals surface area contributed by atoms with Crippen molar-refractivity contribution < 1.29 is 9.47 Å². The largest absolute Gasteiger partial charge is 0.496 e. The maximum Gasteiger partial charge on any atom is 0.122 e. The summed E-state index contributed by atoms with van der Waals surface area (Å²) in [7, 11) is 3.70. The Labute approximate surface area is 96.8 Å². The lowest BCUT2D eigenvalue weighted by atomic mass is 9.83. The fourth-order valence-corrected chi connectivity index (χ4v) is 2.28. The molecule has 1 aliphatic rings. The van der Waals surface area contributed by atoms with Crippen molar-refractivity contribution in [1.29, 1.82) is 0 Å².